The second kappa shape index (κ2) is 19.4. The second-order valence-corrected chi connectivity index (χ2v) is 14.0. The molecule has 0 spiro atoms. The third-order valence-corrected chi connectivity index (χ3v) is 8.74. The van der Waals surface area contributed by atoms with Crippen molar-refractivity contribution >= 4 is 23.7 Å². The fraction of sp³-hybridized carbons (Fsp3) is 0.579. The minimum absolute atomic E-state index is 0.0358. The topological polar surface area (TPSA) is 147 Å². The molecule has 12 nitrogen and oxygen atoms in total. The van der Waals surface area contributed by atoms with Crippen LogP contribution in [0.3, 0.4) is 0 Å². The maximum Gasteiger partial charge on any atom is 0.329 e. The van der Waals surface area contributed by atoms with Crippen LogP contribution in [0.5, 0.6) is 5.75 Å². The number of benzene rings is 2. The number of aliphatic hydroxyl groups excluding tert-OH is 1. The maximum atomic E-state index is 14.2. The van der Waals surface area contributed by atoms with Crippen molar-refractivity contribution in [3.05, 3.63) is 65.7 Å². The van der Waals surface area contributed by atoms with Crippen molar-refractivity contribution < 1.29 is 38.5 Å². The molecule has 2 aliphatic rings. The Bertz CT molecular complexity index is 1390. The van der Waals surface area contributed by atoms with E-state index in [-0.39, 0.29) is 25.4 Å². The molecule has 2 unspecified atom stereocenters. The lowest BCUT2D eigenvalue weighted by atomic mass is 10.0. The smallest absolute Gasteiger partial charge is 0.329 e. The molecule has 0 radical (unpaired) electrons. The van der Waals surface area contributed by atoms with Crippen molar-refractivity contribution in [2.75, 3.05) is 46.0 Å². The number of unbranched alkanes of at least 4 members (excludes halogenated alkanes) is 1. The number of hydrogen-bond donors (Lipinski definition) is 3. The van der Waals surface area contributed by atoms with Gasteiger partial charge in [-0.25, -0.2) is 4.79 Å². The Labute approximate surface area is 295 Å². The Balaban J connectivity index is 1.52. The minimum atomic E-state index is -0.978. The molecule has 0 aromatic heterocycles. The van der Waals surface area contributed by atoms with Crippen molar-refractivity contribution in [1.29, 1.82) is 0 Å². The van der Waals surface area contributed by atoms with Crippen molar-refractivity contribution in [3.8, 4) is 5.75 Å². The number of nitrogens with zero attached hydrogens (tertiary/aromatic N) is 2. The number of aliphatic hydroxyl groups is 1. The lowest BCUT2D eigenvalue weighted by Crippen LogP contribution is -2.57. The van der Waals surface area contributed by atoms with E-state index in [1.54, 1.807) is 25.7 Å². The van der Waals surface area contributed by atoms with Crippen LogP contribution in [0.4, 0.5) is 0 Å². The fourth-order valence-electron chi connectivity index (χ4n) is 6.10. The van der Waals surface area contributed by atoms with Crippen LogP contribution in [0.2, 0.25) is 0 Å². The number of nitrogens with one attached hydrogen (secondary N) is 2. The van der Waals surface area contributed by atoms with Gasteiger partial charge in [-0.15, -0.1) is 0 Å². The minimum Gasteiger partial charge on any atom is -0.489 e. The van der Waals surface area contributed by atoms with Gasteiger partial charge in [0.1, 0.15) is 36.1 Å². The van der Waals surface area contributed by atoms with Crippen LogP contribution >= 0.6 is 0 Å². The standard InChI is InChI=1S/C38H54N4O8/c1-38(2,3)50-37(47)32(15-7-8-22-43)40-35(45)31(17-19-41-20-23-48-24-21-41)39-36(46)33(42-18-10-16-34(42)44)26-29-13-9-14-30(25-29)49-27-28-11-5-4-6-12-28/h4-6,9,11-14,25,31-33,43H,7-8,10,15-24,26-27H2,1-3H3,(H,39,46)(H,40,45)/t31-,32?,33?/m0/s1. The van der Waals surface area contributed by atoms with Gasteiger partial charge in [0.2, 0.25) is 17.7 Å². The summed E-state index contributed by atoms with van der Waals surface area (Å²) < 4.78 is 17.1. The van der Waals surface area contributed by atoms with E-state index >= 15 is 0 Å². The number of amides is 3. The zero-order valence-electron chi connectivity index (χ0n) is 29.7. The van der Waals surface area contributed by atoms with Gasteiger partial charge in [-0.05, 0) is 76.1 Å². The first-order valence-electron chi connectivity index (χ1n) is 17.8. The van der Waals surface area contributed by atoms with Crippen molar-refractivity contribution in [2.45, 2.75) is 96.1 Å². The number of morpholine rings is 1. The number of carbonyl (C=O) groups is 4. The predicted octanol–water partition coefficient (Wildman–Crippen LogP) is 3.00. The molecule has 2 fully saturated rings. The van der Waals surface area contributed by atoms with Crippen LogP contribution in [0, 0.1) is 0 Å². The Kier molecular flexibility index (Phi) is 15.1. The zero-order valence-corrected chi connectivity index (χ0v) is 29.7. The Morgan fingerprint density at radius 2 is 1.62 bits per heavy atom. The van der Waals surface area contributed by atoms with Crippen LogP contribution in [0.1, 0.15) is 70.4 Å². The number of esters is 1. The lowest BCUT2D eigenvalue weighted by molar-refractivity contribution is -0.159. The predicted molar refractivity (Wildman–Crippen MR) is 188 cm³/mol. The highest BCUT2D eigenvalue weighted by Gasteiger charge is 2.36. The van der Waals surface area contributed by atoms with Crippen molar-refractivity contribution in [1.82, 2.24) is 20.4 Å². The number of hydrogen-bond acceptors (Lipinski definition) is 9. The Morgan fingerprint density at radius 3 is 2.30 bits per heavy atom. The molecule has 12 heteroatoms. The monoisotopic (exact) mass is 694 g/mol. The van der Waals surface area contributed by atoms with Gasteiger partial charge in [0.25, 0.3) is 0 Å². The average Bonchev–Trinajstić information content (AvgIpc) is 3.53. The number of carbonyl (C=O) groups excluding carboxylic acids is 4. The molecular weight excluding hydrogens is 640 g/mol. The maximum absolute atomic E-state index is 14.2. The highest BCUT2D eigenvalue weighted by atomic mass is 16.6. The van der Waals surface area contributed by atoms with E-state index in [0.717, 1.165) is 11.1 Å². The summed E-state index contributed by atoms with van der Waals surface area (Å²) in [5, 5.41) is 15.1. The highest BCUT2D eigenvalue weighted by molar-refractivity contribution is 5.94. The molecule has 2 aromatic rings. The Morgan fingerprint density at radius 1 is 0.900 bits per heavy atom. The van der Waals surface area contributed by atoms with E-state index < -0.39 is 41.5 Å². The normalized spacial score (nSPS) is 17.1. The molecule has 274 valence electrons. The van der Waals surface area contributed by atoms with E-state index in [4.69, 9.17) is 14.2 Å². The molecule has 4 rings (SSSR count). The average molecular weight is 695 g/mol. The first-order chi connectivity index (χ1) is 24.0. The summed E-state index contributed by atoms with van der Waals surface area (Å²) in [6, 6.07) is 14.5. The molecule has 2 aromatic carbocycles. The highest BCUT2D eigenvalue weighted by Crippen LogP contribution is 2.22. The lowest BCUT2D eigenvalue weighted by Gasteiger charge is -2.31. The largest absolute Gasteiger partial charge is 0.489 e. The van der Waals surface area contributed by atoms with Crippen molar-refractivity contribution in [3.63, 3.8) is 0 Å². The Hall–Kier alpha value is -4.00. The first-order valence-corrected chi connectivity index (χ1v) is 17.8. The van der Waals surface area contributed by atoms with E-state index in [1.807, 2.05) is 54.6 Å². The van der Waals surface area contributed by atoms with Gasteiger partial charge >= 0.3 is 5.97 Å². The molecule has 0 saturated carbocycles. The number of rotatable bonds is 18. The van der Waals surface area contributed by atoms with E-state index in [2.05, 4.69) is 15.5 Å². The van der Waals surface area contributed by atoms with E-state index in [0.29, 0.717) is 83.9 Å². The summed E-state index contributed by atoms with van der Waals surface area (Å²) in [4.78, 5) is 58.1. The van der Waals surface area contributed by atoms with Crippen molar-refractivity contribution in [2.24, 2.45) is 0 Å². The molecule has 3 amide bonds. The third-order valence-electron chi connectivity index (χ3n) is 8.74. The second-order valence-electron chi connectivity index (χ2n) is 14.0. The van der Waals surface area contributed by atoms with Crippen LogP contribution in [-0.4, -0.2) is 108 Å². The summed E-state index contributed by atoms with van der Waals surface area (Å²) in [5.74, 6) is -0.974. The van der Waals surface area contributed by atoms with Gasteiger partial charge in [0.05, 0.1) is 13.2 Å². The number of ether oxygens (including phenoxy) is 3. The van der Waals surface area contributed by atoms with E-state index in [1.165, 1.54) is 0 Å². The van der Waals surface area contributed by atoms with Crippen LogP contribution in [-0.2, 0) is 41.7 Å². The summed E-state index contributed by atoms with van der Waals surface area (Å²) >= 11 is 0. The number of likely N-dealkylation sites (tertiary alicyclic amines) is 1. The first kappa shape index (κ1) is 38.8. The molecule has 2 aliphatic heterocycles. The van der Waals surface area contributed by atoms with Gasteiger partial charge in [0, 0.05) is 45.6 Å². The summed E-state index contributed by atoms with van der Waals surface area (Å²) in [6.07, 6.45) is 2.78. The van der Waals surface area contributed by atoms with Crippen LogP contribution in [0.15, 0.2) is 54.6 Å². The van der Waals surface area contributed by atoms with Gasteiger partial charge in [-0.1, -0.05) is 42.5 Å². The summed E-state index contributed by atoms with van der Waals surface area (Å²) in [6.45, 7) is 9.18. The van der Waals surface area contributed by atoms with Gasteiger partial charge in [0.15, 0.2) is 0 Å². The molecule has 3 atom stereocenters. The molecule has 3 N–H and O–H groups in total. The molecule has 0 aliphatic carbocycles. The molecule has 2 saturated heterocycles. The SMILES string of the molecule is CC(C)(C)OC(=O)C(CCCCO)NC(=O)[C@H](CCN1CCOCC1)NC(=O)C(Cc1cccc(OCc2ccccc2)c1)N1CCCC1=O. The summed E-state index contributed by atoms with van der Waals surface area (Å²) in [7, 11) is 0. The molecular formula is C38H54N4O8. The fourth-order valence-corrected chi connectivity index (χ4v) is 6.10. The molecule has 2 heterocycles. The quantitative estimate of drug-likeness (QED) is 0.158. The zero-order chi connectivity index (χ0) is 35.9. The molecule has 0 bridgehead atoms. The van der Waals surface area contributed by atoms with Gasteiger partial charge in [-0.3, -0.25) is 19.3 Å². The van der Waals surface area contributed by atoms with Gasteiger partial charge in [-0.2, -0.15) is 0 Å². The van der Waals surface area contributed by atoms with Crippen LogP contribution in [0.25, 0.3) is 0 Å². The summed E-state index contributed by atoms with van der Waals surface area (Å²) in [5.41, 5.74) is 1.08. The van der Waals surface area contributed by atoms with Crippen LogP contribution < -0.4 is 15.4 Å². The third kappa shape index (κ3) is 12.7. The van der Waals surface area contributed by atoms with Gasteiger partial charge < -0.3 is 34.9 Å². The molecule has 50 heavy (non-hydrogen) atoms. The van der Waals surface area contributed by atoms with E-state index in [9.17, 15) is 24.3 Å².